The van der Waals surface area contributed by atoms with Gasteiger partial charge in [-0.2, -0.15) is 0 Å². The smallest absolute Gasteiger partial charge is 0.237 e. The van der Waals surface area contributed by atoms with Gasteiger partial charge in [0.25, 0.3) is 0 Å². The second-order valence-electron chi connectivity index (χ2n) is 4.23. The van der Waals surface area contributed by atoms with Gasteiger partial charge < -0.3 is 11.5 Å². The van der Waals surface area contributed by atoms with Crippen molar-refractivity contribution in [3.8, 4) is 0 Å². The van der Waals surface area contributed by atoms with Gasteiger partial charge in [0.15, 0.2) is 0 Å². The number of hydrogen-bond acceptors (Lipinski definition) is 3. The van der Waals surface area contributed by atoms with Crippen LogP contribution in [-0.4, -0.2) is 16.7 Å². The highest BCUT2D eigenvalue weighted by Gasteiger charge is 2.28. The first kappa shape index (κ1) is 13.1. The molecule has 0 aliphatic heterocycles. The fraction of sp³-hybridized carbons (Fsp3) is 0.417. The van der Waals surface area contributed by atoms with Gasteiger partial charge in [-0.25, -0.2) is 0 Å². The Balaban J connectivity index is 2.54. The maximum absolute atomic E-state index is 11.1. The van der Waals surface area contributed by atoms with E-state index >= 15 is 0 Å². The number of primary amides is 1. The first-order valence-electron chi connectivity index (χ1n) is 5.22. The normalized spacial score (nSPS) is 16.4. The third-order valence-corrected chi connectivity index (χ3v) is 3.47. The number of hydrogen-bond donors (Lipinski definition) is 2. The molecule has 4 N–H and O–H groups in total. The third kappa shape index (κ3) is 3.87. The van der Waals surface area contributed by atoms with Crippen molar-refractivity contribution in [3.63, 3.8) is 0 Å². The Morgan fingerprint density at radius 3 is 2.50 bits per heavy atom. The standard InChI is InChI=1S/C12H18N2OS/c1-9(8-12(2,14)11(13)15)16-10-6-4-3-5-7-10/h3-7,9H,8,14H2,1-2H3,(H2,13,15). The van der Waals surface area contributed by atoms with Crippen LogP contribution < -0.4 is 11.5 Å². The highest BCUT2D eigenvalue weighted by atomic mass is 32.2. The lowest BCUT2D eigenvalue weighted by Crippen LogP contribution is -2.50. The van der Waals surface area contributed by atoms with Crippen molar-refractivity contribution in [2.24, 2.45) is 11.5 Å². The lowest BCUT2D eigenvalue weighted by atomic mass is 9.97. The fourth-order valence-electron chi connectivity index (χ4n) is 1.47. The Labute approximate surface area is 101 Å². The summed E-state index contributed by atoms with van der Waals surface area (Å²) < 4.78 is 0. The maximum Gasteiger partial charge on any atom is 0.237 e. The maximum atomic E-state index is 11.1. The molecule has 2 atom stereocenters. The Morgan fingerprint density at radius 1 is 1.44 bits per heavy atom. The lowest BCUT2D eigenvalue weighted by Gasteiger charge is -2.24. The van der Waals surface area contributed by atoms with Crippen molar-refractivity contribution in [1.29, 1.82) is 0 Å². The van der Waals surface area contributed by atoms with Gasteiger partial charge in [0.05, 0.1) is 5.54 Å². The van der Waals surface area contributed by atoms with E-state index in [1.165, 1.54) is 4.90 Å². The molecule has 0 saturated carbocycles. The van der Waals surface area contributed by atoms with Crippen LogP contribution in [0.3, 0.4) is 0 Å². The highest BCUT2D eigenvalue weighted by Crippen LogP contribution is 2.27. The summed E-state index contributed by atoms with van der Waals surface area (Å²) >= 11 is 1.70. The second-order valence-corrected chi connectivity index (χ2v) is 5.74. The van der Waals surface area contributed by atoms with Crippen molar-refractivity contribution in [2.75, 3.05) is 0 Å². The van der Waals surface area contributed by atoms with Crippen LogP contribution in [0.15, 0.2) is 35.2 Å². The van der Waals surface area contributed by atoms with E-state index in [9.17, 15) is 4.79 Å². The molecule has 0 fully saturated rings. The molecule has 16 heavy (non-hydrogen) atoms. The molecule has 3 nitrogen and oxygen atoms in total. The zero-order valence-corrected chi connectivity index (χ0v) is 10.5. The minimum absolute atomic E-state index is 0.255. The quantitative estimate of drug-likeness (QED) is 0.768. The summed E-state index contributed by atoms with van der Waals surface area (Å²) in [6, 6.07) is 10.0. The lowest BCUT2D eigenvalue weighted by molar-refractivity contribution is -0.122. The van der Waals surface area contributed by atoms with Crippen molar-refractivity contribution < 1.29 is 4.79 Å². The van der Waals surface area contributed by atoms with Crippen LogP contribution in [0.2, 0.25) is 0 Å². The van der Waals surface area contributed by atoms with Crippen molar-refractivity contribution >= 4 is 17.7 Å². The molecule has 0 radical (unpaired) electrons. The van der Waals surface area contributed by atoms with E-state index in [4.69, 9.17) is 11.5 Å². The molecule has 0 saturated heterocycles. The van der Waals surface area contributed by atoms with Crippen LogP contribution in [0.25, 0.3) is 0 Å². The Bertz CT molecular complexity index is 351. The molecule has 0 spiro atoms. The number of thioether (sulfide) groups is 1. The highest BCUT2D eigenvalue weighted by molar-refractivity contribution is 7.99. The minimum atomic E-state index is -0.929. The van der Waals surface area contributed by atoms with Crippen molar-refractivity contribution in [1.82, 2.24) is 0 Å². The monoisotopic (exact) mass is 238 g/mol. The average Bonchev–Trinajstić information content (AvgIpc) is 2.17. The molecule has 88 valence electrons. The zero-order chi connectivity index (χ0) is 12.2. The third-order valence-electron chi connectivity index (χ3n) is 2.35. The van der Waals surface area contributed by atoms with E-state index in [0.29, 0.717) is 6.42 Å². The van der Waals surface area contributed by atoms with Gasteiger partial charge in [-0.3, -0.25) is 4.79 Å². The van der Waals surface area contributed by atoms with E-state index in [1.54, 1.807) is 18.7 Å². The van der Waals surface area contributed by atoms with E-state index in [1.807, 2.05) is 37.3 Å². The summed E-state index contributed by atoms with van der Waals surface area (Å²) in [6.07, 6.45) is 0.571. The van der Waals surface area contributed by atoms with Gasteiger partial charge in [0.2, 0.25) is 5.91 Å². The summed E-state index contributed by atoms with van der Waals surface area (Å²) in [5.74, 6) is -0.451. The number of amides is 1. The van der Waals surface area contributed by atoms with Crippen LogP contribution >= 0.6 is 11.8 Å². The van der Waals surface area contributed by atoms with Gasteiger partial charge in [0.1, 0.15) is 0 Å². The number of carbonyl (C=O) groups is 1. The largest absolute Gasteiger partial charge is 0.368 e. The summed E-state index contributed by atoms with van der Waals surface area (Å²) in [5.41, 5.74) is 10.1. The minimum Gasteiger partial charge on any atom is -0.368 e. The molecule has 0 aliphatic carbocycles. The van der Waals surface area contributed by atoms with Crippen LogP contribution in [0, 0.1) is 0 Å². The van der Waals surface area contributed by atoms with Crippen molar-refractivity contribution in [2.45, 2.75) is 36.0 Å². The Kier molecular flexibility index (Phi) is 4.38. The molecule has 4 heteroatoms. The SMILES string of the molecule is CC(CC(C)(N)C(N)=O)Sc1ccccc1. The summed E-state index contributed by atoms with van der Waals surface area (Å²) in [6.45, 7) is 3.73. The van der Waals surface area contributed by atoms with Crippen LogP contribution in [-0.2, 0) is 4.79 Å². The molecule has 0 aromatic heterocycles. The topological polar surface area (TPSA) is 69.1 Å². The number of nitrogens with two attached hydrogens (primary N) is 2. The van der Waals surface area contributed by atoms with Gasteiger partial charge in [-0.15, -0.1) is 11.8 Å². The first-order chi connectivity index (χ1) is 7.42. The zero-order valence-electron chi connectivity index (χ0n) is 9.64. The van der Waals surface area contributed by atoms with E-state index in [-0.39, 0.29) is 5.25 Å². The van der Waals surface area contributed by atoms with Crippen LogP contribution in [0.5, 0.6) is 0 Å². The molecule has 0 heterocycles. The van der Waals surface area contributed by atoms with E-state index in [0.717, 1.165) is 0 Å². The predicted molar refractivity (Wildman–Crippen MR) is 68.2 cm³/mol. The molecule has 1 aromatic rings. The summed E-state index contributed by atoms with van der Waals surface area (Å²) in [7, 11) is 0. The van der Waals surface area contributed by atoms with E-state index in [2.05, 4.69) is 0 Å². The number of carbonyl (C=O) groups excluding carboxylic acids is 1. The summed E-state index contributed by atoms with van der Waals surface area (Å²) in [5, 5.41) is 0.255. The first-order valence-corrected chi connectivity index (χ1v) is 6.10. The van der Waals surface area contributed by atoms with Crippen LogP contribution in [0.1, 0.15) is 20.3 Å². The number of benzene rings is 1. The Morgan fingerprint density at radius 2 is 2.00 bits per heavy atom. The predicted octanol–water partition coefficient (Wildman–Crippen LogP) is 1.76. The molecule has 0 bridgehead atoms. The van der Waals surface area contributed by atoms with Gasteiger partial charge >= 0.3 is 0 Å². The number of rotatable bonds is 5. The molecule has 0 aliphatic rings. The molecule has 1 rings (SSSR count). The molecule has 1 aromatic carbocycles. The molecular formula is C12H18N2OS. The second kappa shape index (κ2) is 5.37. The molecule has 2 unspecified atom stereocenters. The van der Waals surface area contributed by atoms with Gasteiger partial charge in [-0.05, 0) is 25.5 Å². The summed E-state index contributed by atoms with van der Waals surface area (Å²) in [4.78, 5) is 12.3. The van der Waals surface area contributed by atoms with E-state index < -0.39 is 11.4 Å². The fourth-order valence-corrected chi connectivity index (χ4v) is 2.68. The van der Waals surface area contributed by atoms with Gasteiger partial charge in [0, 0.05) is 10.1 Å². The van der Waals surface area contributed by atoms with Crippen LogP contribution in [0.4, 0.5) is 0 Å². The molecule has 1 amide bonds. The van der Waals surface area contributed by atoms with Crippen molar-refractivity contribution in [3.05, 3.63) is 30.3 Å². The molecular weight excluding hydrogens is 220 g/mol. The van der Waals surface area contributed by atoms with Gasteiger partial charge in [-0.1, -0.05) is 25.1 Å². The Hall–Kier alpha value is -1.00. The average molecular weight is 238 g/mol.